The lowest BCUT2D eigenvalue weighted by Crippen LogP contribution is -2.53. The first-order valence-corrected chi connectivity index (χ1v) is 5.02. The van der Waals surface area contributed by atoms with Crippen LogP contribution >= 0.6 is 0 Å². The van der Waals surface area contributed by atoms with Crippen molar-refractivity contribution in [3.8, 4) is 0 Å². The Morgan fingerprint density at radius 3 is 2.50 bits per heavy atom. The molecule has 0 spiro atoms. The highest BCUT2D eigenvalue weighted by Gasteiger charge is 2.25. The predicted octanol–water partition coefficient (Wildman–Crippen LogP) is 0.128. The van der Waals surface area contributed by atoms with Crippen LogP contribution in [-0.2, 0) is 9.59 Å². The maximum Gasteiger partial charge on any atom is 0.237 e. The van der Waals surface area contributed by atoms with Gasteiger partial charge in [-0.05, 0) is 20.8 Å². The normalized spacial score (nSPS) is 19.1. The number of Topliss-reactive ketones (excluding diaryl/α,β-unsaturated/α-hetero) is 1. The second kappa shape index (κ2) is 4.55. The van der Waals surface area contributed by atoms with Crippen LogP contribution in [0.4, 0.5) is 0 Å². The van der Waals surface area contributed by atoms with Crippen molar-refractivity contribution in [1.29, 1.82) is 0 Å². The average Bonchev–Trinajstić information content (AvgIpc) is 2.01. The van der Waals surface area contributed by atoms with Crippen molar-refractivity contribution in [1.82, 2.24) is 9.80 Å². The maximum atomic E-state index is 11.6. The van der Waals surface area contributed by atoms with Crippen molar-refractivity contribution in [3.05, 3.63) is 0 Å². The number of carbonyl (C=O) groups is 2. The third-order valence-electron chi connectivity index (χ3n) is 2.41. The van der Waals surface area contributed by atoms with Crippen molar-refractivity contribution in [2.75, 3.05) is 26.2 Å². The van der Waals surface area contributed by atoms with Crippen molar-refractivity contribution in [2.24, 2.45) is 0 Å². The van der Waals surface area contributed by atoms with E-state index >= 15 is 0 Å². The molecule has 0 atom stereocenters. The van der Waals surface area contributed by atoms with E-state index in [0.29, 0.717) is 13.1 Å². The summed E-state index contributed by atoms with van der Waals surface area (Å²) in [6.45, 7) is 7.92. The largest absolute Gasteiger partial charge is 0.338 e. The number of rotatable bonds is 3. The second-order valence-corrected chi connectivity index (χ2v) is 4.09. The Morgan fingerprint density at radius 1 is 1.43 bits per heavy atom. The molecular formula is C10H18N2O2. The molecule has 1 aliphatic heterocycles. The van der Waals surface area contributed by atoms with Crippen LogP contribution in [0.25, 0.3) is 0 Å². The fourth-order valence-corrected chi connectivity index (χ4v) is 1.73. The summed E-state index contributed by atoms with van der Waals surface area (Å²) >= 11 is 0. The molecule has 0 aliphatic carbocycles. The molecule has 1 rings (SSSR count). The molecule has 1 saturated heterocycles. The molecule has 1 heterocycles. The Kier molecular flexibility index (Phi) is 3.63. The van der Waals surface area contributed by atoms with E-state index in [0.717, 1.165) is 13.1 Å². The number of hydrogen-bond acceptors (Lipinski definition) is 3. The van der Waals surface area contributed by atoms with Gasteiger partial charge in [-0.3, -0.25) is 14.5 Å². The molecule has 0 saturated carbocycles. The highest BCUT2D eigenvalue weighted by Crippen LogP contribution is 2.06. The number of hydrogen-bond donors (Lipinski definition) is 0. The number of nitrogens with zero attached hydrogens (tertiary/aromatic N) is 2. The Hall–Kier alpha value is -0.900. The Morgan fingerprint density at radius 2 is 2.07 bits per heavy atom. The van der Waals surface area contributed by atoms with E-state index in [2.05, 4.69) is 0 Å². The molecular weight excluding hydrogens is 180 g/mol. The van der Waals surface area contributed by atoms with Crippen LogP contribution in [0.1, 0.15) is 20.8 Å². The summed E-state index contributed by atoms with van der Waals surface area (Å²) < 4.78 is 0. The monoisotopic (exact) mass is 198 g/mol. The van der Waals surface area contributed by atoms with Crippen LogP contribution in [-0.4, -0.2) is 53.7 Å². The Bertz CT molecular complexity index is 238. The van der Waals surface area contributed by atoms with Gasteiger partial charge in [0.25, 0.3) is 0 Å². The SMILES string of the molecule is CC(=O)CN1CCN(C(C)C)C(=O)C1. The zero-order chi connectivity index (χ0) is 10.7. The molecule has 4 heteroatoms. The van der Waals surface area contributed by atoms with Gasteiger partial charge in [0.15, 0.2) is 0 Å². The standard InChI is InChI=1S/C10H18N2O2/c1-8(2)12-5-4-11(6-9(3)13)7-10(12)14/h8H,4-7H2,1-3H3. The third kappa shape index (κ3) is 2.80. The van der Waals surface area contributed by atoms with Crippen LogP contribution in [0.15, 0.2) is 0 Å². The van der Waals surface area contributed by atoms with Gasteiger partial charge >= 0.3 is 0 Å². The molecule has 4 nitrogen and oxygen atoms in total. The zero-order valence-electron chi connectivity index (χ0n) is 9.12. The molecule has 80 valence electrons. The quantitative estimate of drug-likeness (QED) is 0.647. The van der Waals surface area contributed by atoms with Gasteiger partial charge in [-0.1, -0.05) is 0 Å². The summed E-state index contributed by atoms with van der Waals surface area (Å²) in [4.78, 5) is 26.2. The molecule has 0 aromatic rings. The van der Waals surface area contributed by atoms with Crippen molar-refractivity contribution < 1.29 is 9.59 Å². The minimum Gasteiger partial charge on any atom is -0.338 e. The minimum absolute atomic E-state index is 0.121. The topological polar surface area (TPSA) is 40.6 Å². The Balaban J connectivity index is 2.47. The van der Waals surface area contributed by atoms with Gasteiger partial charge in [0.1, 0.15) is 5.78 Å². The summed E-state index contributed by atoms with van der Waals surface area (Å²) in [5, 5.41) is 0. The fraction of sp³-hybridized carbons (Fsp3) is 0.800. The molecule has 0 radical (unpaired) electrons. The molecule has 0 aromatic carbocycles. The maximum absolute atomic E-state index is 11.6. The van der Waals surface area contributed by atoms with E-state index in [4.69, 9.17) is 0 Å². The third-order valence-corrected chi connectivity index (χ3v) is 2.41. The van der Waals surface area contributed by atoms with Crippen molar-refractivity contribution >= 4 is 11.7 Å². The number of amides is 1. The van der Waals surface area contributed by atoms with Crippen molar-refractivity contribution in [2.45, 2.75) is 26.8 Å². The first-order valence-electron chi connectivity index (χ1n) is 5.02. The summed E-state index contributed by atoms with van der Waals surface area (Å²) in [5.74, 6) is 0.253. The summed E-state index contributed by atoms with van der Waals surface area (Å²) in [6, 6.07) is 0.266. The van der Waals surface area contributed by atoms with Gasteiger partial charge in [0.05, 0.1) is 13.1 Å². The lowest BCUT2D eigenvalue weighted by molar-refractivity contribution is -0.138. The summed E-state index contributed by atoms with van der Waals surface area (Å²) in [7, 11) is 0. The number of piperazine rings is 1. The molecule has 0 N–H and O–H groups in total. The molecule has 14 heavy (non-hydrogen) atoms. The van der Waals surface area contributed by atoms with Gasteiger partial charge in [-0.2, -0.15) is 0 Å². The number of ketones is 1. The highest BCUT2D eigenvalue weighted by molar-refractivity contribution is 5.81. The number of carbonyl (C=O) groups excluding carboxylic acids is 2. The summed E-state index contributed by atoms with van der Waals surface area (Å²) in [6.07, 6.45) is 0. The van der Waals surface area contributed by atoms with Gasteiger partial charge in [0, 0.05) is 19.1 Å². The first kappa shape index (κ1) is 11.2. The first-order chi connectivity index (χ1) is 6.50. The second-order valence-electron chi connectivity index (χ2n) is 4.09. The molecule has 0 bridgehead atoms. The van der Waals surface area contributed by atoms with Crippen LogP contribution in [0.2, 0.25) is 0 Å². The van der Waals surface area contributed by atoms with E-state index in [1.165, 1.54) is 0 Å². The highest BCUT2D eigenvalue weighted by atomic mass is 16.2. The van der Waals surface area contributed by atoms with Crippen LogP contribution in [0.3, 0.4) is 0 Å². The smallest absolute Gasteiger partial charge is 0.237 e. The van der Waals surface area contributed by atoms with Gasteiger partial charge < -0.3 is 4.90 Å². The van der Waals surface area contributed by atoms with E-state index in [1.54, 1.807) is 6.92 Å². The van der Waals surface area contributed by atoms with Crippen LogP contribution in [0, 0.1) is 0 Å². The van der Waals surface area contributed by atoms with E-state index < -0.39 is 0 Å². The summed E-state index contributed by atoms with van der Waals surface area (Å²) in [5.41, 5.74) is 0. The predicted molar refractivity (Wildman–Crippen MR) is 54.0 cm³/mol. The zero-order valence-corrected chi connectivity index (χ0v) is 9.12. The lowest BCUT2D eigenvalue weighted by atomic mass is 10.2. The molecule has 1 amide bonds. The molecule has 1 fully saturated rings. The minimum atomic E-state index is 0.121. The Labute approximate surface area is 84.9 Å². The van der Waals surface area contributed by atoms with E-state index in [9.17, 15) is 9.59 Å². The van der Waals surface area contributed by atoms with Crippen molar-refractivity contribution in [3.63, 3.8) is 0 Å². The van der Waals surface area contributed by atoms with Gasteiger partial charge in [-0.15, -0.1) is 0 Å². The van der Waals surface area contributed by atoms with Crippen LogP contribution < -0.4 is 0 Å². The molecule has 1 aliphatic rings. The molecule has 0 aromatic heterocycles. The fourth-order valence-electron chi connectivity index (χ4n) is 1.73. The van der Waals surface area contributed by atoms with E-state index in [1.807, 2.05) is 23.6 Å². The average molecular weight is 198 g/mol. The lowest BCUT2D eigenvalue weighted by Gasteiger charge is -2.36. The van der Waals surface area contributed by atoms with Crippen LogP contribution in [0.5, 0.6) is 0 Å². The van der Waals surface area contributed by atoms with E-state index in [-0.39, 0.29) is 17.7 Å². The van der Waals surface area contributed by atoms with Gasteiger partial charge in [0.2, 0.25) is 5.91 Å². The van der Waals surface area contributed by atoms with Gasteiger partial charge in [-0.25, -0.2) is 0 Å². The molecule has 0 unspecified atom stereocenters.